The average molecular weight is 269 g/mol. The highest BCUT2D eigenvalue weighted by atomic mass is 16.5. The Balaban J connectivity index is 1.70. The molecule has 0 unspecified atom stereocenters. The van der Waals surface area contributed by atoms with Gasteiger partial charge in [-0.3, -0.25) is 0 Å². The van der Waals surface area contributed by atoms with Gasteiger partial charge in [-0.15, -0.1) is 0 Å². The van der Waals surface area contributed by atoms with Crippen molar-refractivity contribution in [2.45, 2.75) is 19.8 Å². The fourth-order valence-corrected chi connectivity index (χ4v) is 2.04. The third-order valence-electron chi connectivity index (χ3n) is 3.41. The van der Waals surface area contributed by atoms with E-state index in [9.17, 15) is 0 Å². The van der Waals surface area contributed by atoms with Crippen LogP contribution in [0.3, 0.4) is 0 Å². The molecule has 0 aliphatic heterocycles. The van der Waals surface area contributed by atoms with Gasteiger partial charge in [0.1, 0.15) is 17.2 Å². The maximum atomic E-state index is 5.89. The lowest BCUT2D eigenvalue weighted by Gasteiger charge is -2.11. The molecule has 2 aromatic carbocycles. The second kappa shape index (κ2) is 5.45. The number of nitrogen functional groups attached to an aromatic ring is 1. The molecule has 3 rings (SSSR count). The molecule has 0 spiro atoms. The third-order valence-corrected chi connectivity index (χ3v) is 3.41. The van der Waals surface area contributed by atoms with Crippen LogP contribution < -0.4 is 15.2 Å². The lowest BCUT2D eigenvalue weighted by molar-refractivity contribution is 0.298. The summed E-state index contributed by atoms with van der Waals surface area (Å²) in [5.74, 6) is 3.21. The van der Waals surface area contributed by atoms with Crippen molar-refractivity contribution in [2.75, 3.05) is 12.3 Å². The molecule has 0 radical (unpaired) electrons. The zero-order chi connectivity index (χ0) is 13.9. The van der Waals surface area contributed by atoms with Crippen molar-refractivity contribution >= 4 is 5.69 Å². The van der Waals surface area contributed by atoms with Crippen LogP contribution >= 0.6 is 0 Å². The fraction of sp³-hybridized carbons (Fsp3) is 0.294. The summed E-state index contributed by atoms with van der Waals surface area (Å²) >= 11 is 0. The van der Waals surface area contributed by atoms with E-state index >= 15 is 0 Å². The normalized spacial score (nSPS) is 14.1. The number of aryl methyl sites for hydroxylation is 1. The monoisotopic (exact) mass is 269 g/mol. The first kappa shape index (κ1) is 12.9. The minimum atomic E-state index is 0.747. The van der Waals surface area contributed by atoms with Gasteiger partial charge >= 0.3 is 0 Å². The SMILES string of the molecule is Cc1cc(N)ccc1Oc1cccc(OCC2CC2)c1. The fourth-order valence-electron chi connectivity index (χ4n) is 2.04. The van der Waals surface area contributed by atoms with Gasteiger partial charge in [0.2, 0.25) is 0 Å². The molecule has 1 fully saturated rings. The maximum Gasteiger partial charge on any atom is 0.131 e. The predicted octanol–water partition coefficient (Wildman–Crippen LogP) is 4.16. The van der Waals surface area contributed by atoms with Crippen molar-refractivity contribution in [1.82, 2.24) is 0 Å². The van der Waals surface area contributed by atoms with Gasteiger partial charge < -0.3 is 15.2 Å². The lowest BCUT2D eigenvalue weighted by Crippen LogP contribution is -1.98. The number of benzene rings is 2. The standard InChI is InChI=1S/C17H19NO2/c1-12-9-14(18)7-8-17(12)20-16-4-2-3-15(10-16)19-11-13-5-6-13/h2-4,7-10,13H,5-6,11,18H2,1H3. The van der Waals surface area contributed by atoms with Crippen LogP contribution in [0.2, 0.25) is 0 Å². The van der Waals surface area contributed by atoms with Crippen LogP contribution in [0.25, 0.3) is 0 Å². The van der Waals surface area contributed by atoms with E-state index < -0.39 is 0 Å². The van der Waals surface area contributed by atoms with Crippen LogP contribution in [0.15, 0.2) is 42.5 Å². The van der Waals surface area contributed by atoms with E-state index in [0.29, 0.717) is 0 Å². The smallest absolute Gasteiger partial charge is 0.131 e. The van der Waals surface area contributed by atoms with Crippen molar-refractivity contribution in [1.29, 1.82) is 0 Å². The van der Waals surface area contributed by atoms with Gasteiger partial charge in [-0.2, -0.15) is 0 Å². The largest absolute Gasteiger partial charge is 0.493 e. The molecule has 2 N–H and O–H groups in total. The molecular weight excluding hydrogens is 250 g/mol. The second-order valence-corrected chi connectivity index (χ2v) is 5.36. The Morgan fingerprint density at radius 2 is 1.90 bits per heavy atom. The summed E-state index contributed by atoms with van der Waals surface area (Å²) in [6, 6.07) is 13.4. The molecule has 0 aromatic heterocycles. The molecule has 3 nitrogen and oxygen atoms in total. The van der Waals surface area contributed by atoms with Crippen LogP contribution in [-0.4, -0.2) is 6.61 Å². The van der Waals surface area contributed by atoms with Crippen LogP contribution in [0, 0.1) is 12.8 Å². The predicted molar refractivity (Wildman–Crippen MR) is 80.3 cm³/mol. The van der Waals surface area contributed by atoms with Crippen molar-refractivity contribution in [3.05, 3.63) is 48.0 Å². The van der Waals surface area contributed by atoms with E-state index in [1.165, 1.54) is 12.8 Å². The van der Waals surface area contributed by atoms with E-state index in [4.69, 9.17) is 15.2 Å². The summed E-state index contributed by atoms with van der Waals surface area (Å²) in [5.41, 5.74) is 7.51. The summed E-state index contributed by atoms with van der Waals surface area (Å²) < 4.78 is 11.6. The number of anilines is 1. The lowest BCUT2D eigenvalue weighted by atomic mass is 10.2. The molecule has 104 valence electrons. The summed E-state index contributed by atoms with van der Waals surface area (Å²) in [7, 11) is 0. The van der Waals surface area contributed by atoms with Crippen molar-refractivity contribution in [3.8, 4) is 17.2 Å². The number of ether oxygens (including phenoxy) is 2. The molecule has 3 heteroatoms. The maximum absolute atomic E-state index is 5.89. The first-order valence-corrected chi connectivity index (χ1v) is 6.97. The summed E-state index contributed by atoms with van der Waals surface area (Å²) in [6.07, 6.45) is 2.58. The van der Waals surface area contributed by atoms with Gasteiger partial charge in [0, 0.05) is 11.8 Å². The van der Waals surface area contributed by atoms with E-state index in [1.54, 1.807) is 0 Å². The molecule has 1 saturated carbocycles. The first-order chi connectivity index (χ1) is 9.70. The summed E-state index contributed by atoms with van der Waals surface area (Å²) in [6.45, 7) is 2.80. The average Bonchev–Trinajstić information content (AvgIpc) is 3.24. The Morgan fingerprint density at radius 3 is 2.65 bits per heavy atom. The van der Waals surface area contributed by atoms with Gasteiger partial charge in [-0.1, -0.05) is 6.07 Å². The van der Waals surface area contributed by atoms with Crippen LogP contribution in [0.5, 0.6) is 17.2 Å². The molecule has 0 amide bonds. The Bertz CT molecular complexity index is 606. The van der Waals surface area contributed by atoms with Gasteiger partial charge in [0.15, 0.2) is 0 Å². The summed E-state index contributed by atoms with van der Waals surface area (Å²) in [4.78, 5) is 0. The highest BCUT2D eigenvalue weighted by molar-refractivity contribution is 5.48. The van der Waals surface area contributed by atoms with Gasteiger partial charge in [0.25, 0.3) is 0 Å². The summed E-state index contributed by atoms with van der Waals surface area (Å²) in [5, 5.41) is 0. The van der Waals surface area contributed by atoms with E-state index in [-0.39, 0.29) is 0 Å². The number of hydrogen-bond donors (Lipinski definition) is 1. The second-order valence-electron chi connectivity index (χ2n) is 5.36. The van der Waals surface area contributed by atoms with Crippen LogP contribution in [0.4, 0.5) is 5.69 Å². The zero-order valence-corrected chi connectivity index (χ0v) is 11.6. The van der Waals surface area contributed by atoms with Gasteiger partial charge in [0.05, 0.1) is 6.61 Å². The molecule has 0 heterocycles. The Morgan fingerprint density at radius 1 is 1.10 bits per heavy atom. The molecule has 0 saturated heterocycles. The molecule has 0 bridgehead atoms. The third kappa shape index (κ3) is 3.23. The Kier molecular flexibility index (Phi) is 3.50. The quantitative estimate of drug-likeness (QED) is 0.829. The van der Waals surface area contributed by atoms with Crippen molar-refractivity contribution in [2.24, 2.45) is 5.92 Å². The van der Waals surface area contributed by atoms with Crippen molar-refractivity contribution in [3.63, 3.8) is 0 Å². The Labute approximate surface area is 119 Å². The topological polar surface area (TPSA) is 44.5 Å². The van der Waals surface area contributed by atoms with E-state index in [0.717, 1.165) is 41.0 Å². The molecule has 1 aliphatic rings. The van der Waals surface area contributed by atoms with Crippen LogP contribution in [0.1, 0.15) is 18.4 Å². The van der Waals surface area contributed by atoms with Crippen molar-refractivity contribution < 1.29 is 9.47 Å². The minimum absolute atomic E-state index is 0.747. The molecule has 1 aliphatic carbocycles. The highest BCUT2D eigenvalue weighted by Crippen LogP contribution is 2.31. The molecule has 2 aromatic rings. The molecular formula is C17H19NO2. The number of rotatable bonds is 5. The first-order valence-electron chi connectivity index (χ1n) is 6.97. The van der Waals surface area contributed by atoms with E-state index in [2.05, 4.69) is 0 Å². The van der Waals surface area contributed by atoms with E-state index in [1.807, 2.05) is 49.4 Å². The van der Waals surface area contributed by atoms with Gasteiger partial charge in [-0.25, -0.2) is 0 Å². The van der Waals surface area contributed by atoms with Gasteiger partial charge in [-0.05, 0) is 61.6 Å². The number of nitrogens with two attached hydrogens (primary N) is 1. The Hall–Kier alpha value is -2.16. The minimum Gasteiger partial charge on any atom is -0.493 e. The molecule has 0 atom stereocenters. The molecule has 20 heavy (non-hydrogen) atoms. The number of hydrogen-bond acceptors (Lipinski definition) is 3. The zero-order valence-electron chi connectivity index (χ0n) is 11.6. The highest BCUT2D eigenvalue weighted by Gasteiger charge is 2.21. The van der Waals surface area contributed by atoms with Crippen LogP contribution in [-0.2, 0) is 0 Å².